The highest BCUT2D eigenvalue weighted by molar-refractivity contribution is 7.09. The molecular formula is C17H18N4OS. The maximum atomic E-state index is 5.86. The number of rotatable bonds is 4. The van der Waals surface area contributed by atoms with Gasteiger partial charge in [0.25, 0.3) is 0 Å². The van der Waals surface area contributed by atoms with E-state index in [-0.39, 0.29) is 0 Å². The highest BCUT2D eigenvalue weighted by Gasteiger charge is 2.22. The summed E-state index contributed by atoms with van der Waals surface area (Å²) in [6.07, 6.45) is 2.46. The average Bonchev–Trinajstić information content (AvgIpc) is 3.11. The van der Waals surface area contributed by atoms with Crippen molar-refractivity contribution >= 4 is 28.3 Å². The van der Waals surface area contributed by atoms with E-state index in [9.17, 15) is 0 Å². The molecule has 0 saturated heterocycles. The fraction of sp³-hybridized carbons (Fsp3) is 0.294. The molecule has 0 atom stereocenters. The summed E-state index contributed by atoms with van der Waals surface area (Å²) in [4.78, 5) is 8.89. The van der Waals surface area contributed by atoms with Crippen LogP contribution in [-0.2, 0) is 6.54 Å². The summed E-state index contributed by atoms with van der Waals surface area (Å²) in [5, 5.41) is 10.8. The van der Waals surface area contributed by atoms with Crippen LogP contribution >= 0.6 is 11.3 Å². The van der Waals surface area contributed by atoms with Gasteiger partial charge in [-0.3, -0.25) is 4.99 Å². The van der Waals surface area contributed by atoms with Crippen LogP contribution in [-0.4, -0.2) is 24.0 Å². The van der Waals surface area contributed by atoms with Crippen LogP contribution in [0.3, 0.4) is 0 Å². The van der Waals surface area contributed by atoms with Crippen molar-refractivity contribution < 1.29 is 4.42 Å². The molecule has 118 valence electrons. The molecule has 2 N–H and O–H groups in total. The minimum atomic E-state index is 0.587. The normalized spacial score (nSPS) is 15.1. The minimum absolute atomic E-state index is 0.587. The summed E-state index contributed by atoms with van der Waals surface area (Å²) in [7, 11) is 1.79. The Balaban J connectivity index is 1.45. The van der Waals surface area contributed by atoms with Gasteiger partial charge in [0.05, 0.1) is 6.54 Å². The Kier molecular flexibility index (Phi) is 3.75. The molecule has 3 aromatic rings. The van der Waals surface area contributed by atoms with Crippen LogP contribution in [0.2, 0.25) is 0 Å². The minimum Gasteiger partial charge on any atom is -0.454 e. The number of nitrogens with zero attached hydrogens (tertiary/aromatic N) is 2. The standard InChI is InChI=1S/C17H18N4OS/c1-18-17(20-12-6-7-12)19-9-16-21-13(10-23-16)15-8-11-4-2-3-5-14(11)22-15/h2-5,8,10,12H,6-7,9H2,1H3,(H2,18,19,20). The topological polar surface area (TPSA) is 62.5 Å². The maximum Gasteiger partial charge on any atom is 0.191 e. The molecule has 0 aliphatic heterocycles. The fourth-order valence-corrected chi connectivity index (χ4v) is 3.11. The zero-order chi connectivity index (χ0) is 15.6. The molecule has 2 aromatic heterocycles. The van der Waals surface area contributed by atoms with Crippen molar-refractivity contribution in [1.82, 2.24) is 15.6 Å². The predicted molar refractivity (Wildman–Crippen MR) is 93.7 cm³/mol. The second-order valence-corrected chi connectivity index (χ2v) is 6.56. The second-order valence-electron chi connectivity index (χ2n) is 5.62. The van der Waals surface area contributed by atoms with Crippen molar-refractivity contribution in [2.75, 3.05) is 7.05 Å². The smallest absolute Gasteiger partial charge is 0.191 e. The summed E-state index contributed by atoms with van der Waals surface area (Å²) >= 11 is 1.62. The van der Waals surface area contributed by atoms with Gasteiger partial charge in [-0.2, -0.15) is 0 Å². The molecule has 0 bridgehead atoms. The van der Waals surface area contributed by atoms with Crippen LogP contribution in [0.1, 0.15) is 17.8 Å². The lowest BCUT2D eigenvalue weighted by Gasteiger charge is -2.09. The number of fused-ring (bicyclic) bond motifs is 1. The van der Waals surface area contributed by atoms with Crippen LogP contribution < -0.4 is 10.6 Å². The second kappa shape index (κ2) is 6.04. The van der Waals surface area contributed by atoms with E-state index in [0.29, 0.717) is 12.6 Å². The third kappa shape index (κ3) is 3.22. The number of benzene rings is 1. The van der Waals surface area contributed by atoms with Crippen molar-refractivity contribution in [2.45, 2.75) is 25.4 Å². The largest absolute Gasteiger partial charge is 0.454 e. The number of hydrogen-bond acceptors (Lipinski definition) is 4. The van der Waals surface area contributed by atoms with E-state index in [1.165, 1.54) is 12.8 Å². The molecule has 1 aliphatic carbocycles. The van der Waals surface area contributed by atoms with Crippen LogP contribution in [0, 0.1) is 0 Å². The summed E-state index contributed by atoms with van der Waals surface area (Å²) in [6, 6.07) is 10.6. The van der Waals surface area contributed by atoms with Crippen LogP contribution in [0.15, 0.2) is 45.1 Å². The highest BCUT2D eigenvalue weighted by Crippen LogP contribution is 2.28. The molecule has 23 heavy (non-hydrogen) atoms. The van der Waals surface area contributed by atoms with E-state index in [2.05, 4.69) is 20.6 Å². The van der Waals surface area contributed by atoms with Gasteiger partial charge in [0.2, 0.25) is 0 Å². The molecule has 0 amide bonds. The molecule has 1 aliphatic rings. The van der Waals surface area contributed by atoms with E-state index in [0.717, 1.165) is 33.4 Å². The molecule has 1 aromatic carbocycles. The van der Waals surface area contributed by atoms with Gasteiger partial charge in [0.15, 0.2) is 11.7 Å². The number of aliphatic imine (C=N–C) groups is 1. The molecule has 1 fully saturated rings. The number of thiazole rings is 1. The predicted octanol–water partition coefficient (Wildman–Crippen LogP) is 3.38. The van der Waals surface area contributed by atoms with Gasteiger partial charge >= 0.3 is 0 Å². The van der Waals surface area contributed by atoms with Crippen molar-refractivity contribution in [2.24, 2.45) is 4.99 Å². The van der Waals surface area contributed by atoms with Crippen molar-refractivity contribution in [1.29, 1.82) is 0 Å². The fourth-order valence-electron chi connectivity index (χ4n) is 2.39. The first-order valence-corrected chi connectivity index (χ1v) is 8.60. The number of guanidine groups is 1. The van der Waals surface area contributed by atoms with Gasteiger partial charge in [-0.1, -0.05) is 18.2 Å². The van der Waals surface area contributed by atoms with Gasteiger partial charge in [0, 0.05) is 23.9 Å². The lowest BCUT2D eigenvalue weighted by molar-refractivity contribution is 0.629. The Labute approximate surface area is 138 Å². The summed E-state index contributed by atoms with van der Waals surface area (Å²) in [5.74, 6) is 1.65. The van der Waals surface area contributed by atoms with E-state index in [1.807, 2.05) is 35.7 Å². The van der Waals surface area contributed by atoms with Crippen molar-refractivity contribution in [3.05, 3.63) is 40.7 Å². The lowest BCUT2D eigenvalue weighted by Crippen LogP contribution is -2.37. The Bertz CT molecular complexity index is 814. The monoisotopic (exact) mass is 326 g/mol. The van der Waals surface area contributed by atoms with Crippen LogP contribution in [0.5, 0.6) is 0 Å². The first-order chi connectivity index (χ1) is 11.3. The molecule has 1 saturated carbocycles. The molecule has 0 unspecified atom stereocenters. The molecular weight excluding hydrogens is 308 g/mol. The number of hydrogen-bond donors (Lipinski definition) is 2. The zero-order valence-corrected chi connectivity index (χ0v) is 13.7. The Morgan fingerprint density at radius 1 is 1.39 bits per heavy atom. The highest BCUT2D eigenvalue weighted by atomic mass is 32.1. The van der Waals surface area contributed by atoms with E-state index >= 15 is 0 Å². The number of furan rings is 1. The van der Waals surface area contributed by atoms with E-state index in [4.69, 9.17) is 4.42 Å². The lowest BCUT2D eigenvalue weighted by atomic mass is 10.2. The zero-order valence-electron chi connectivity index (χ0n) is 12.9. The maximum absolute atomic E-state index is 5.86. The molecule has 0 radical (unpaired) electrons. The van der Waals surface area contributed by atoms with Gasteiger partial charge in [-0.25, -0.2) is 4.98 Å². The first-order valence-electron chi connectivity index (χ1n) is 7.72. The molecule has 4 rings (SSSR count). The number of nitrogens with one attached hydrogen (secondary N) is 2. The molecule has 0 spiro atoms. The van der Waals surface area contributed by atoms with E-state index in [1.54, 1.807) is 18.4 Å². The Morgan fingerprint density at radius 2 is 2.26 bits per heavy atom. The van der Waals surface area contributed by atoms with Gasteiger partial charge in [0.1, 0.15) is 16.3 Å². The van der Waals surface area contributed by atoms with Crippen LogP contribution in [0.25, 0.3) is 22.4 Å². The molecule has 6 heteroatoms. The average molecular weight is 326 g/mol. The summed E-state index contributed by atoms with van der Waals surface area (Å²) < 4.78 is 5.86. The third-order valence-electron chi connectivity index (χ3n) is 3.78. The SMILES string of the molecule is CN=C(NCc1nc(-c2cc3ccccc3o2)cs1)NC1CC1. The summed E-state index contributed by atoms with van der Waals surface area (Å²) in [6.45, 7) is 0.664. The van der Waals surface area contributed by atoms with E-state index < -0.39 is 0 Å². The van der Waals surface area contributed by atoms with Crippen molar-refractivity contribution in [3.8, 4) is 11.5 Å². The molecule has 2 heterocycles. The quantitative estimate of drug-likeness (QED) is 0.570. The number of aromatic nitrogens is 1. The van der Waals surface area contributed by atoms with Crippen molar-refractivity contribution in [3.63, 3.8) is 0 Å². The third-order valence-corrected chi connectivity index (χ3v) is 4.63. The summed E-state index contributed by atoms with van der Waals surface area (Å²) in [5.41, 5.74) is 1.78. The van der Waals surface area contributed by atoms with Gasteiger partial charge in [-0.05, 0) is 25.0 Å². The Morgan fingerprint density at radius 3 is 3.04 bits per heavy atom. The van der Waals surface area contributed by atoms with Crippen LogP contribution in [0.4, 0.5) is 0 Å². The Hall–Kier alpha value is -2.34. The molecule has 5 nitrogen and oxygen atoms in total. The number of para-hydroxylation sites is 1. The van der Waals surface area contributed by atoms with Gasteiger partial charge in [-0.15, -0.1) is 11.3 Å². The van der Waals surface area contributed by atoms with Gasteiger partial charge < -0.3 is 15.1 Å². The first kappa shape index (κ1) is 14.3.